The highest BCUT2D eigenvalue weighted by Crippen LogP contribution is 2.22. The first-order valence-corrected chi connectivity index (χ1v) is 6.79. The summed E-state index contributed by atoms with van der Waals surface area (Å²) >= 11 is 0. The maximum atomic E-state index is 10.8. The van der Waals surface area contributed by atoms with E-state index in [1.807, 2.05) is 0 Å². The molecule has 0 atom stereocenters. The first-order valence-electron chi connectivity index (χ1n) is 6.79. The smallest absolute Gasteiger partial charge is 0.269 e. The second-order valence-electron chi connectivity index (χ2n) is 4.37. The molecule has 112 valence electrons. The van der Waals surface area contributed by atoms with Crippen LogP contribution in [-0.2, 0) is 16.1 Å². The molecule has 0 aliphatic rings. The van der Waals surface area contributed by atoms with Crippen molar-refractivity contribution in [1.29, 1.82) is 0 Å². The lowest BCUT2D eigenvalue weighted by atomic mass is 10.1. The molecule has 0 heterocycles. The van der Waals surface area contributed by atoms with Crippen molar-refractivity contribution in [3.05, 3.63) is 33.9 Å². The fourth-order valence-corrected chi connectivity index (χ4v) is 1.71. The Bertz CT molecular complexity index is 424. The van der Waals surface area contributed by atoms with Gasteiger partial charge in [0.15, 0.2) is 0 Å². The van der Waals surface area contributed by atoms with E-state index in [4.69, 9.17) is 9.47 Å². The third-order valence-electron chi connectivity index (χ3n) is 2.84. The Labute approximate surface area is 119 Å². The summed E-state index contributed by atoms with van der Waals surface area (Å²) in [5.41, 5.74) is 1.68. The Morgan fingerprint density at radius 3 is 2.65 bits per heavy atom. The van der Waals surface area contributed by atoms with Gasteiger partial charge in [0.2, 0.25) is 0 Å². The van der Waals surface area contributed by atoms with Gasteiger partial charge in [-0.1, -0.05) is 13.3 Å². The molecule has 1 N–H and O–H groups in total. The number of nitrogens with one attached hydrogen (secondary N) is 1. The van der Waals surface area contributed by atoms with Crippen LogP contribution in [0.15, 0.2) is 18.2 Å². The molecule has 0 bridgehead atoms. The van der Waals surface area contributed by atoms with Crippen LogP contribution in [0.5, 0.6) is 0 Å². The summed E-state index contributed by atoms with van der Waals surface area (Å²) in [5.74, 6) is 0. The van der Waals surface area contributed by atoms with Gasteiger partial charge in [-0.2, -0.15) is 0 Å². The Kier molecular flexibility index (Phi) is 7.60. The highest BCUT2D eigenvalue weighted by atomic mass is 16.6. The first kappa shape index (κ1) is 16.4. The van der Waals surface area contributed by atoms with Crippen LogP contribution < -0.4 is 5.32 Å². The molecule has 6 heteroatoms. The van der Waals surface area contributed by atoms with Gasteiger partial charge < -0.3 is 14.8 Å². The number of hydrogen-bond acceptors (Lipinski definition) is 5. The molecular weight excluding hydrogens is 260 g/mol. The van der Waals surface area contributed by atoms with Crippen LogP contribution in [0.1, 0.15) is 25.3 Å². The van der Waals surface area contributed by atoms with Gasteiger partial charge in [-0.3, -0.25) is 10.1 Å². The van der Waals surface area contributed by atoms with Crippen molar-refractivity contribution in [3.8, 4) is 0 Å². The van der Waals surface area contributed by atoms with Crippen LogP contribution in [-0.4, -0.2) is 31.8 Å². The molecule has 1 aromatic rings. The topological polar surface area (TPSA) is 73.6 Å². The van der Waals surface area contributed by atoms with Gasteiger partial charge >= 0.3 is 0 Å². The monoisotopic (exact) mass is 282 g/mol. The highest BCUT2D eigenvalue weighted by Gasteiger charge is 2.10. The predicted molar refractivity (Wildman–Crippen MR) is 78.0 cm³/mol. The lowest BCUT2D eigenvalue weighted by Crippen LogP contribution is -2.06. The van der Waals surface area contributed by atoms with E-state index in [1.165, 1.54) is 12.1 Å². The molecule has 1 rings (SSSR count). The molecule has 0 aliphatic carbocycles. The number of nitro groups is 1. The Hall–Kier alpha value is -1.66. The molecule has 0 saturated heterocycles. The molecule has 0 aromatic heterocycles. The number of anilines is 1. The molecule has 0 saturated carbocycles. The predicted octanol–water partition coefficient (Wildman–Crippen LogP) is 2.97. The van der Waals surface area contributed by atoms with Crippen LogP contribution in [0.25, 0.3) is 0 Å². The van der Waals surface area contributed by atoms with Gasteiger partial charge in [-0.15, -0.1) is 0 Å². The number of unbranched alkanes of at least 4 members (excludes halogenated alkanes) is 1. The van der Waals surface area contributed by atoms with Crippen molar-refractivity contribution in [2.45, 2.75) is 26.4 Å². The molecule has 20 heavy (non-hydrogen) atoms. The molecule has 0 spiro atoms. The molecule has 0 unspecified atom stereocenters. The van der Waals surface area contributed by atoms with Crippen molar-refractivity contribution >= 4 is 11.4 Å². The largest absolute Gasteiger partial charge is 0.388 e. The number of nitrogens with zero attached hydrogens (tertiary/aromatic N) is 1. The second-order valence-corrected chi connectivity index (χ2v) is 4.37. The number of rotatable bonds is 10. The zero-order valence-corrected chi connectivity index (χ0v) is 12.1. The standard InChI is InChI=1S/C14H22N2O4/c1-3-4-7-19-8-9-20-11-12-10-13(16(17)18)5-6-14(12)15-2/h5-6,10,15H,3-4,7-9,11H2,1-2H3. The lowest BCUT2D eigenvalue weighted by Gasteiger charge is -2.10. The van der Waals surface area contributed by atoms with E-state index in [2.05, 4.69) is 12.2 Å². The van der Waals surface area contributed by atoms with Crippen LogP contribution in [0, 0.1) is 10.1 Å². The number of hydrogen-bond donors (Lipinski definition) is 1. The summed E-state index contributed by atoms with van der Waals surface area (Å²) in [6.07, 6.45) is 2.16. The van der Waals surface area contributed by atoms with Crippen LogP contribution in [0.4, 0.5) is 11.4 Å². The van der Waals surface area contributed by atoms with Crippen molar-refractivity contribution in [2.75, 3.05) is 32.2 Å². The summed E-state index contributed by atoms with van der Waals surface area (Å²) in [5, 5.41) is 13.8. The second kappa shape index (κ2) is 9.28. The summed E-state index contributed by atoms with van der Waals surface area (Å²) in [6, 6.07) is 4.70. The average Bonchev–Trinajstić information content (AvgIpc) is 2.46. The van der Waals surface area contributed by atoms with Gasteiger partial charge in [0.05, 0.1) is 24.7 Å². The third kappa shape index (κ3) is 5.54. The van der Waals surface area contributed by atoms with Gasteiger partial charge in [-0.25, -0.2) is 0 Å². The Morgan fingerprint density at radius 2 is 2.00 bits per heavy atom. The van der Waals surface area contributed by atoms with Crippen LogP contribution in [0.2, 0.25) is 0 Å². The number of benzene rings is 1. The molecule has 0 radical (unpaired) electrons. The fraction of sp³-hybridized carbons (Fsp3) is 0.571. The van der Waals surface area contributed by atoms with Gasteiger partial charge in [0, 0.05) is 37.0 Å². The zero-order valence-electron chi connectivity index (χ0n) is 12.1. The molecular formula is C14H22N2O4. The maximum absolute atomic E-state index is 10.8. The minimum absolute atomic E-state index is 0.0711. The molecule has 0 fully saturated rings. The van der Waals surface area contributed by atoms with Gasteiger partial charge in [0.1, 0.15) is 0 Å². The lowest BCUT2D eigenvalue weighted by molar-refractivity contribution is -0.384. The van der Waals surface area contributed by atoms with Crippen LogP contribution >= 0.6 is 0 Å². The number of non-ortho nitro benzene ring substituents is 1. The van der Waals surface area contributed by atoms with Crippen molar-refractivity contribution in [1.82, 2.24) is 0 Å². The maximum Gasteiger partial charge on any atom is 0.269 e. The first-order chi connectivity index (χ1) is 9.69. The molecule has 6 nitrogen and oxygen atoms in total. The highest BCUT2D eigenvalue weighted by molar-refractivity contribution is 5.55. The minimum atomic E-state index is -0.406. The molecule has 0 aliphatic heterocycles. The summed E-state index contributed by atoms with van der Waals surface area (Å²) in [7, 11) is 1.78. The SMILES string of the molecule is CCCCOCCOCc1cc([N+](=O)[O-])ccc1NC. The van der Waals surface area contributed by atoms with Gasteiger partial charge in [0.25, 0.3) is 5.69 Å². The Balaban J connectivity index is 2.41. The fourth-order valence-electron chi connectivity index (χ4n) is 1.71. The van der Waals surface area contributed by atoms with Crippen molar-refractivity contribution < 1.29 is 14.4 Å². The van der Waals surface area contributed by atoms with Crippen molar-refractivity contribution in [3.63, 3.8) is 0 Å². The van der Waals surface area contributed by atoms with Crippen LogP contribution in [0.3, 0.4) is 0 Å². The van der Waals surface area contributed by atoms with Crippen molar-refractivity contribution in [2.24, 2.45) is 0 Å². The van der Waals surface area contributed by atoms with E-state index in [9.17, 15) is 10.1 Å². The summed E-state index contributed by atoms with van der Waals surface area (Å²) < 4.78 is 10.9. The van der Waals surface area contributed by atoms with E-state index >= 15 is 0 Å². The average molecular weight is 282 g/mol. The summed E-state index contributed by atoms with van der Waals surface area (Å²) in [6.45, 7) is 4.22. The van der Waals surface area contributed by atoms with E-state index in [-0.39, 0.29) is 5.69 Å². The minimum Gasteiger partial charge on any atom is -0.388 e. The van der Waals surface area contributed by atoms with E-state index in [1.54, 1.807) is 13.1 Å². The third-order valence-corrected chi connectivity index (χ3v) is 2.84. The van der Waals surface area contributed by atoms with E-state index in [0.717, 1.165) is 30.7 Å². The summed E-state index contributed by atoms with van der Waals surface area (Å²) in [4.78, 5) is 10.3. The molecule has 1 aromatic carbocycles. The van der Waals surface area contributed by atoms with Gasteiger partial charge in [-0.05, 0) is 12.5 Å². The molecule has 0 amide bonds. The quantitative estimate of drug-likeness (QED) is 0.406. The van der Waals surface area contributed by atoms with E-state index in [0.29, 0.717) is 19.8 Å². The van der Waals surface area contributed by atoms with E-state index < -0.39 is 4.92 Å². The zero-order chi connectivity index (χ0) is 14.8. The number of nitro benzene ring substituents is 1. The normalized spacial score (nSPS) is 10.5. The number of ether oxygens (including phenoxy) is 2. The Morgan fingerprint density at radius 1 is 1.25 bits per heavy atom.